The van der Waals surface area contributed by atoms with Crippen molar-refractivity contribution < 1.29 is 9.90 Å². The van der Waals surface area contributed by atoms with Gasteiger partial charge in [-0.25, -0.2) is 0 Å². The van der Waals surface area contributed by atoms with Gasteiger partial charge in [0.05, 0.1) is 17.8 Å². The van der Waals surface area contributed by atoms with Crippen LogP contribution in [0.4, 0.5) is 0 Å². The van der Waals surface area contributed by atoms with Gasteiger partial charge in [-0.15, -0.1) is 0 Å². The Bertz CT molecular complexity index is 433. The normalized spacial score (nSPS) is 17.9. The largest absolute Gasteiger partial charge is 0.394 e. The molecular formula is C13H21N3O2. The maximum absolute atomic E-state index is 12.3. The summed E-state index contributed by atoms with van der Waals surface area (Å²) in [6.07, 6.45) is 3.84. The SMILES string of the molecule is CCn1nc(C)cc1C(=O)NC1(CO)CCCC1. The van der Waals surface area contributed by atoms with Crippen molar-refractivity contribution in [2.24, 2.45) is 0 Å². The summed E-state index contributed by atoms with van der Waals surface area (Å²) >= 11 is 0. The lowest BCUT2D eigenvalue weighted by Crippen LogP contribution is -2.49. The fourth-order valence-corrected chi connectivity index (χ4v) is 2.65. The first-order chi connectivity index (χ1) is 8.60. The van der Waals surface area contributed by atoms with E-state index in [9.17, 15) is 9.90 Å². The fraction of sp³-hybridized carbons (Fsp3) is 0.692. The van der Waals surface area contributed by atoms with Gasteiger partial charge >= 0.3 is 0 Å². The number of rotatable bonds is 4. The highest BCUT2D eigenvalue weighted by Crippen LogP contribution is 2.29. The van der Waals surface area contributed by atoms with Gasteiger partial charge in [-0.1, -0.05) is 12.8 Å². The second kappa shape index (κ2) is 5.10. The molecule has 100 valence electrons. The molecule has 1 aliphatic carbocycles. The molecule has 0 bridgehead atoms. The Hall–Kier alpha value is -1.36. The Morgan fingerprint density at radius 1 is 1.56 bits per heavy atom. The Kier molecular flexibility index (Phi) is 3.71. The average molecular weight is 251 g/mol. The minimum absolute atomic E-state index is 0.0119. The van der Waals surface area contributed by atoms with E-state index < -0.39 is 5.54 Å². The molecule has 1 aromatic rings. The van der Waals surface area contributed by atoms with Crippen LogP contribution in [-0.4, -0.2) is 32.9 Å². The Labute approximate surface area is 107 Å². The number of aryl methyl sites for hydroxylation is 2. The summed E-state index contributed by atoms with van der Waals surface area (Å²) in [5.74, 6) is -0.131. The van der Waals surface area contributed by atoms with Crippen LogP contribution in [0.15, 0.2) is 6.07 Å². The average Bonchev–Trinajstić information content (AvgIpc) is 2.96. The molecule has 0 saturated heterocycles. The van der Waals surface area contributed by atoms with Crippen LogP contribution in [0, 0.1) is 6.92 Å². The van der Waals surface area contributed by atoms with Gasteiger partial charge in [-0.3, -0.25) is 9.48 Å². The van der Waals surface area contributed by atoms with Crippen LogP contribution in [0.5, 0.6) is 0 Å². The van der Waals surface area contributed by atoms with Gasteiger partial charge in [0, 0.05) is 6.54 Å². The van der Waals surface area contributed by atoms with Crippen LogP contribution in [0.1, 0.15) is 48.8 Å². The van der Waals surface area contributed by atoms with E-state index in [-0.39, 0.29) is 12.5 Å². The van der Waals surface area contributed by atoms with Crippen molar-refractivity contribution in [2.45, 2.75) is 51.6 Å². The van der Waals surface area contributed by atoms with E-state index in [0.717, 1.165) is 31.4 Å². The molecule has 18 heavy (non-hydrogen) atoms. The predicted octanol–water partition coefficient (Wildman–Crippen LogP) is 1.25. The van der Waals surface area contributed by atoms with E-state index in [0.29, 0.717) is 12.2 Å². The van der Waals surface area contributed by atoms with Crippen molar-refractivity contribution in [3.05, 3.63) is 17.5 Å². The standard InChI is InChI=1S/C13H21N3O2/c1-3-16-11(8-10(2)15-16)12(18)14-13(9-17)6-4-5-7-13/h8,17H,3-7,9H2,1-2H3,(H,14,18). The first kappa shape index (κ1) is 13.1. The lowest BCUT2D eigenvalue weighted by atomic mass is 9.99. The molecule has 5 nitrogen and oxygen atoms in total. The summed E-state index contributed by atoms with van der Waals surface area (Å²) < 4.78 is 1.70. The van der Waals surface area contributed by atoms with E-state index in [4.69, 9.17) is 0 Å². The molecule has 1 amide bonds. The van der Waals surface area contributed by atoms with E-state index >= 15 is 0 Å². The molecule has 1 fully saturated rings. The van der Waals surface area contributed by atoms with Crippen LogP contribution < -0.4 is 5.32 Å². The number of hydrogen-bond donors (Lipinski definition) is 2. The number of hydrogen-bond acceptors (Lipinski definition) is 3. The van der Waals surface area contributed by atoms with Gasteiger partial charge < -0.3 is 10.4 Å². The number of amides is 1. The van der Waals surface area contributed by atoms with Crippen LogP contribution in [0.25, 0.3) is 0 Å². The maximum Gasteiger partial charge on any atom is 0.270 e. The van der Waals surface area contributed by atoms with Crippen molar-refractivity contribution in [3.8, 4) is 0 Å². The third kappa shape index (κ3) is 2.41. The monoisotopic (exact) mass is 251 g/mol. The molecule has 0 aliphatic heterocycles. The third-order valence-electron chi connectivity index (χ3n) is 3.68. The highest BCUT2D eigenvalue weighted by Gasteiger charge is 2.35. The Balaban J connectivity index is 2.16. The highest BCUT2D eigenvalue weighted by atomic mass is 16.3. The molecule has 1 saturated carbocycles. The summed E-state index contributed by atoms with van der Waals surface area (Å²) in [5, 5.41) is 16.8. The predicted molar refractivity (Wildman–Crippen MR) is 68.4 cm³/mol. The quantitative estimate of drug-likeness (QED) is 0.846. The van der Waals surface area contributed by atoms with Gasteiger partial charge in [-0.2, -0.15) is 5.10 Å². The van der Waals surface area contributed by atoms with Crippen LogP contribution >= 0.6 is 0 Å². The summed E-state index contributed by atoms with van der Waals surface area (Å²) in [4.78, 5) is 12.3. The maximum atomic E-state index is 12.3. The van der Waals surface area contributed by atoms with Crippen molar-refractivity contribution in [1.82, 2.24) is 15.1 Å². The van der Waals surface area contributed by atoms with Crippen molar-refractivity contribution in [3.63, 3.8) is 0 Å². The van der Waals surface area contributed by atoms with Crippen molar-refractivity contribution in [2.75, 3.05) is 6.61 Å². The number of nitrogens with zero attached hydrogens (tertiary/aromatic N) is 2. The van der Waals surface area contributed by atoms with E-state index in [1.54, 1.807) is 10.7 Å². The first-order valence-electron chi connectivity index (χ1n) is 6.58. The molecule has 0 atom stereocenters. The smallest absolute Gasteiger partial charge is 0.270 e. The number of aliphatic hydroxyl groups excluding tert-OH is 1. The molecule has 2 N–H and O–H groups in total. The molecule has 1 heterocycles. The van der Waals surface area contributed by atoms with Crippen LogP contribution in [0.2, 0.25) is 0 Å². The van der Waals surface area contributed by atoms with Crippen LogP contribution in [0.3, 0.4) is 0 Å². The van der Waals surface area contributed by atoms with Gasteiger partial charge in [0.2, 0.25) is 0 Å². The van der Waals surface area contributed by atoms with Crippen molar-refractivity contribution in [1.29, 1.82) is 0 Å². The van der Waals surface area contributed by atoms with Crippen LogP contribution in [-0.2, 0) is 6.54 Å². The number of carbonyl (C=O) groups is 1. The zero-order valence-electron chi connectivity index (χ0n) is 11.1. The zero-order chi connectivity index (χ0) is 13.2. The molecule has 0 unspecified atom stereocenters. The summed E-state index contributed by atoms with van der Waals surface area (Å²) in [5.41, 5.74) is 0.995. The van der Waals surface area contributed by atoms with E-state index in [1.807, 2.05) is 13.8 Å². The van der Waals surface area contributed by atoms with Gasteiger partial charge in [-0.05, 0) is 32.8 Å². The fourth-order valence-electron chi connectivity index (χ4n) is 2.65. The first-order valence-corrected chi connectivity index (χ1v) is 6.58. The van der Waals surface area contributed by atoms with Gasteiger partial charge in [0.25, 0.3) is 5.91 Å². The Morgan fingerprint density at radius 2 is 2.22 bits per heavy atom. The summed E-state index contributed by atoms with van der Waals surface area (Å²) in [6, 6.07) is 1.79. The van der Waals surface area contributed by atoms with E-state index in [2.05, 4.69) is 10.4 Å². The minimum Gasteiger partial charge on any atom is -0.394 e. The van der Waals surface area contributed by atoms with Gasteiger partial charge in [0.1, 0.15) is 5.69 Å². The topological polar surface area (TPSA) is 67.2 Å². The third-order valence-corrected chi connectivity index (χ3v) is 3.68. The molecule has 1 aromatic heterocycles. The van der Waals surface area contributed by atoms with Gasteiger partial charge in [0.15, 0.2) is 0 Å². The molecule has 2 rings (SSSR count). The second-order valence-electron chi connectivity index (χ2n) is 5.09. The molecule has 0 radical (unpaired) electrons. The lowest BCUT2D eigenvalue weighted by Gasteiger charge is -2.27. The number of aliphatic hydroxyl groups is 1. The second-order valence-corrected chi connectivity index (χ2v) is 5.09. The zero-order valence-corrected chi connectivity index (χ0v) is 11.1. The Morgan fingerprint density at radius 3 is 2.78 bits per heavy atom. The number of carbonyl (C=O) groups excluding carboxylic acids is 1. The minimum atomic E-state index is -0.423. The summed E-state index contributed by atoms with van der Waals surface area (Å²) in [7, 11) is 0. The lowest BCUT2D eigenvalue weighted by molar-refractivity contribution is 0.0827. The van der Waals surface area contributed by atoms with E-state index in [1.165, 1.54) is 0 Å². The molecule has 1 aliphatic rings. The molecule has 5 heteroatoms. The molecule has 0 aromatic carbocycles. The summed E-state index contributed by atoms with van der Waals surface area (Å²) in [6.45, 7) is 4.52. The highest BCUT2D eigenvalue weighted by molar-refractivity contribution is 5.93. The van der Waals surface area contributed by atoms with Crippen molar-refractivity contribution >= 4 is 5.91 Å². The number of aromatic nitrogens is 2. The number of nitrogens with one attached hydrogen (secondary N) is 1. The molecular weight excluding hydrogens is 230 g/mol. The molecule has 0 spiro atoms.